The molecule has 1 amide bonds. The highest BCUT2D eigenvalue weighted by atomic mass is 16.6. The van der Waals surface area contributed by atoms with Gasteiger partial charge in [0.25, 0.3) is 0 Å². The molecule has 0 aromatic carbocycles. The van der Waals surface area contributed by atoms with Crippen LogP contribution in [0.5, 0.6) is 0 Å². The minimum absolute atomic E-state index is 0.232. The van der Waals surface area contributed by atoms with Crippen LogP contribution in [-0.2, 0) is 4.74 Å². The van der Waals surface area contributed by atoms with Gasteiger partial charge in [0.1, 0.15) is 5.60 Å². The molecule has 0 aromatic heterocycles. The van der Waals surface area contributed by atoms with Crippen molar-refractivity contribution in [2.45, 2.75) is 57.8 Å². The predicted octanol–water partition coefficient (Wildman–Crippen LogP) is 0.719. The number of aliphatic hydroxyl groups excluding tert-OH is 2. The Kier molecular flexibility index (Phi) is 6.71. The second-order valence-electron chi connectivity index (χ2n) is 6.34. The molecule has 6 heteroatoms. The van der Waals surface area contributed by atoms with E-state index in [-0.39, 0.29) is 18.7 Å². The molecule has 3 N–H and O–H groups in total. The van der Waals surface area contributed by atoms with Gasteiger partial charge in [-0.3, -0.25) is 0 Å². The summed E-state index contributed by atoms with van der Waals surface area (Å²) in [5.41, 5.74) is -0.466. The van der Waals surface area contributed by atoms with Gasteiger partial charge in [0.15, 0.2) is 0 Å². The number of carbonyl (C=O) groups is 1. The predicted molar refractivity (Wildman–Crippen MR) is 76.5 cm³/mol. The van der Waals surface area contributed by atoms with Gasteiger partial charge in [-0.1, -0.05) is 0 Å². The number of nitrogens with zero attached hydrogens (tertiary/aromatic N) is 1. The van der Waals surface area contributed by atoms with Crippen LogP contribution in [0, 0.1) is 0 Å². The second-order valence-corrected chi connectivity index (χ2v) is 6.34. The molecule has 0 saturated carbocycles. The average molecular weight is 288 g/mol. The number of likely N-dealkylation sites (tertiary alicyclic amines) is 1. The maximum atomic E-state index is 12.0. The Balaban J connectivity index is 2.37. The number of ether oxygens (including phenoxy) is 1. The lowest BCUT2D eigenvalue weighted by atomic mass is 10.1. The van der Waals surface area contributed by atoms with E-state index in [1.165, 1.54) is 0 Å². The molecular weight excluding hydrogens is 260 g/mol. The molecule has 20 heavy (non-hydrogen) atoms. The van der Waals surface area contributed by atoms with E-state index in [1.807, 2.05) is 20.8 Å². The number of hydrogen-bond acceptors (Lipinski definition) is 5. The second kappa shape index (κ2) is 7.81. The van der Waals surface area contributed by atoms with Gasteiger partial charge in [-0.05, 0) is 40.0 Å². The molecule has 0 aliphatic carbocycles. The normalized spacial score (nSPS) is 22.2. The van der Waals surface area contributed by atoms with E-state index in [0.29, 0.717) is 19.6 Å². The number of aliphatic hydroxyl groups is 2. The van der Waals surface area contributed by atoms with Crippen molar-refractivity contribution in [3.63, 3.8) is 0 Å². The Morgan fingerprint density at radius 1 is 1.40 bits per heavy atom. The molecule has 2 unspecified atom stereocenters. The lowest BCUT2D eigenvalue weighted by Crippen LogP contribution is -2.39. The lowest BCUT2D eigenvalue weighted by Gasteiger charge is -2.26. The Labute approximate surface area is 121 Å². The van der Waals surface area contributed by atoms with Gasteiger partial charge in [-0.25, -0.2) is 4.79 Å². The van der Waals surface area contributed by atoms with Crippen molar-refractivity contribution in [1.82, 2.24) is 10.2 Å². The van der Waals surface area contributed by atoms with Gasteiger partial charge in [0.2, 0.25) is 0 Å². The Morgan fingerprint density at radius 3 is 2.70 bits per heavy atom. The number of nitrogens with one attached hydrogen (secondary N) is 1. The summed E-state index contributed by atoms with van der Waals surface area (Å²) in [4.78, 5) is 13.7. The molecule has 1 heterocycles. The summed E-state index contributed by atoms with van der Waals surface area (Å²) < 4.78 is 5.38. The summed E-state index contributed by atoms with van der Waals surface area (Å²) >= 11 is 0. The van der Waals surface area contributed by atoms with Gasteiger partial charge < -0.3 is 25.2 Å². The van der Waals surface area contributed by atoms with Crippen molar-refractivity contribution in [2.24, 2.45) is 0 Å². The van der Waals surface area contributed by atoms with Crippen LogP contribution < -0.4 is 5.32 Å². The van der Waals surface area contributed by atoms with Crippen LogP contribution in [0.15, 0.2) is 0 Å². The smallest absolute Gasteiger partial charge is 0.410 e. The Bertz CT molecular complexity index is 304. The largest absolute Gasteiger partial charge is 0.444 e. The first-order chi connectivity index (χ1) is 9.31. The topological polar surface area (TPSA) is 82.0 Å². The molecule has 0 spiro atoms. The monoisotopic (exact) mass is 288 g/mol. The molecule has 0 radical (unpaired) electrons. The van der Waals surface area contributed by atoms with Gasteiger partial charge in [-0.2, -0.15) is 0 Å². The molecule has 6 nitrogen and oxygen atoms in total. The third kappa shape index (κ3) is 6.54. The fourth-order valence-electron chi connectivity index (χ4n) is 2.18. The molecule has 1 aliphatic rings. The fourth-order valence-corrected chi connectivity index (χ4v) is 2.18. The molecule has 1 rings (SSSR count). The third-order valence-electron chi connectivity index (χ3n) is 3.23. The minimum atomic E-state index is -0.722. The molecule has 118 valence electrons. The summed E-state index contributed by atoms with van der Waals surface area (Å²) in [6.07, 6.45) is 1.72. The lowest BCUT2D eigenvalue weighted by molar-refractivity contribution is 0.0255. The van der Waals surface area contributed by atoms with Gasteiger partial charge in [0, 0.05) is 25.7 Å². The summed E-state index contributed by atoms with van der Waals surface area (Å²) in [7, 11) is 0. The number of hydrogen-bond donors (Lipinski definition) is 3. The van der Waals surface area contributed by atoms with Crippen LogP contribution in [0.25, 0.3) is 0 Å². The first-order valence-electron chi connectivity index (χ1n) is 7.32. The molecule has 1 saturated heterocycles. The summed E-state index contributed by atoms with van der Waals surface area (Å²) in [5, 5.41) is 21.3. The van der Waals surface area contributed by atoms with Crippen LogP contribution >= 0.6 is 0 Å². The summed E-state index contributed by atoms with van der Waals surface area (Å²) in [5.74, 6) is 0. The minimum Gasteiger partial charge on any atom is -0.444 e. The van der Waals surface area contributed by atoms with Gasteiger partial charge in [0.05, 0.1) is 12.7 Å². The zero-order valence-electron chi connectivity index (χ0n) is 12.8. The first-order valence-corrected chi connectivity index (χ1v) is 7.32. The first kappa shape index (κ1) is 17.2. The maximum Gasteiger partial charge on any atom is 0.410 e. The molecular formula is C14H28N2O4. The zero-order valence-corrected chi connectivity index (χ0v) is 12.8. The highest BCUT2D eigenvalue weighted by Crippen LogP contribution is 2.15. The van der Waals surface area contributed by atoms with Crippen LogP contribution in [0.3, 0.4) is 0 Å². The van der Waals surface area contributed by atoms with Crippen LogP contribution in [0.1, 0.15) is 40.0 Å². The van der Waals surface area contributed by atoms with E-state index in [2.05, 4.69) is 5.32 Å². The maximum absolute atomic E-state index is 12.0. The van der Waals surface area contributed by atoms with Gasteiger partial charge >= 0.3 is 6.09 Å². The van der Waals surface area contributed by atoms with Crippen molar-refractivity contribution in [3.8, 4) is 0 Å². The average Bonchev–Trinajstić information content (AvgIpc) is 2.59. The molecule has 2 atom stereocenters. The van der Waals surface area contributed by atoms with Crippen molar-refractivity contribution in [3.05, 3.63) is 0 Å². The molecule has 1 fully saturated rings. The van der Waals surface area contributed by atoms with Crippen LogP contribution in [0.4, 0.5) is 4.79 Å². The van der Waals surface area contributed by atoms with E-state index >= 15 is 0 Å². The highest BCUT2D eigenvalue weighted by Gasteiger charge is 2.25. The Morgan fingerprint density at radius 2 is 2.10 bits per heavy atom. The summed E-state index contributed by atoms with van der Waals surface area (Å²) in [6, 6.07) is 0.267. The third-order valence-corrected chi connectivity index (χ3v) is 3.23. The van der Waals surface area contributed by atoms with E-state index in [9.17, 15) is 9.90 Å². The number of carbonyl (C=O) groups excluding carboxylic acids is 1. The van der Waals surface area contributed by atoms with E-state index in [0.717, 1.165) is 19.3 Å². The molecule has 1 aliphatic heterocycles. The van der Waals surface area contributed by atoms with E-state index in [4.69, 9.17) is 9.84 Å². The molecule has 0 aromatic rings. The van der Waals surface area contributed by atoms with Crippen molar-refractivity contribution < 1.29 is 19.7 Å². The van der Waals surface area contributed by atoms with Gasteiger partial charge in [-0.15, -0.1) is 0 Å². The van der Waals surface area contributed by atoms with Crippen molar-refractivity contribution >= 4 is 6.09 Å². The van der Waals surface area contributed by atoms with E-state index in [1.54, 1.807) is 4.90 Å². The van der Waals surface area contributed by atoms with Crippen molar-refractivity contribution in [1.29, 1.82) is 0 Å². The molecule has 0 bridgehead atoms. The van der Waals surface area contributed by atoms with E-state index < -0.39 is 11.7 Å². The Hall–Kier alpha value is -0.850. The van der Waals surface area contributed by atoms with Crippen LogP contribution in [-0.4, -0.2) is 65.2 Å². The van der Waals surface area contributed by atoms with Crippen LogP contribution in [0.2, 0.25) is 0 Å². The fraction of sp³-hybridized carbons (Fsp3) is 0.929. The number of rotatable bonds is 4. The number of amides is 1. The quantitative estimate of drug-likeness (QED) is 0.710. The van der Waals surface area contributed by atoms with Crippen molar-refractivity contribution in [2.75, 3.05) is 26.2 Å². The summed E-state index contributed by atoms with van der Waals surface area (Å²) in [6.45, 7) is 7.10. The highest BCUT2D eigenvalue weighted by molar-refractivity contribution is 5.68. The zero-order chi connectivity index (χ0) is 15.2. The standard InChI is InChI=1S/C14H28N2O4/c1-14(2,3)20-13(19)16-7-4-5-11(6-8-16)15-9-12(18)10-17/h11-12,15,17-18H,4-10H2,1-3H3. The SMILES string of the molecule is CC(C)(C)OC(=O)N1CCCC(NCC(O)CO)CC1.